The van der Waals surface area contributed by atoms with Crippen molar-refractivity contribution in [2.24, 2.45) is 11.8 Å². The monoisotopic (exact) mass is 277 g/mol. The summed E-state index contributed by atoms with van der Waals surface area (Å²) < 4.78 is 0. The molecule has 1 aromatic rings. The first kappa shape index (κ1) is 14.7. The Balaban J connectivity index is 1.97. The second-order valence-electron chi connectivity index (χ2n) is 5.36. The van der Waals surface area contributed by atoms with Crippen molar-refractivity contribution in [2.45, 2.75) is 19.8 Å². The van der Waals surface area contributed by atoms with Crippen LogP contribution in [0.15, 0.2) is 12.1 Å². The molecule has 20 heavy (non-hydrogen) atoms. The van der Waals surface area contributed by atoms with Gasteiger partial charge in [-0.1, -0.05) is 6.92 Å². The number of carbonyl (C=O) groups excluding carboxylic acids is 1. The van der Waals surface area contributed by atoms with Crippen molar-refractivity contribution < 1.29 is 4.79 Å². The number of aromatic nitrogens is 1. The number of amides is 1. The van der Waals surface area contributed by atoms with Gasteiger partial charge in [-0.2, -0.15) is 0 Å². The number of aryl methyl sites for hydroxylation is 1. The minimum absolute atomic E-state index is 0.0619. The topological polar surface area (TPSA) is 83.3 Å². The number of anilines is 1. The van der Waals surface area contributed by atoms with E-state index in [0.29, 0.717) is 17.3 Å². The predicted octanol–water partition coefficient (Wildman–Crippen LogP) is 0.611. The highest BCUT2D eigenvalue weighted by atomic mass is 16.1. The second-order valence-corrected chi connectivity index (χ2v) is 5.36. The van der Waals surface area contributed by atoms with Gasteiger partial charge in [-0.25, -0.2) is 10.8 Å². The van der Waals surface area contributed by atoms with E-state index in [1.165, 1.54) is 0 Å². The Labute approximate surface area is 119 Å². The molecule has 0 aliphatic carbocycles. The van der Waals surface area contributed by atoms with Crippen LogP contribution in [0.3, 0.4) is 0 Å². The summed E-state index contributed by atoms with van der Waals surface area (Å²) in [5, 5.41) is 3.00. The smallest absolute Gasteiger partial charge is 0.251 e. The van der Waals surface area contributed by atoms with Crippen LogP contribution in [0.5, 0.6) is 0 Å². The zero-order valence-corrected chi connectivity index (χ0v) is 12.1. The van der Waals surface area contributed by atoms with E-state index in [-0.39, 0.29) is 5.91 Å². The van der Waals surface area contributed by atoms with Crippen LogP contribution in [0.2, 0.25) is 0 Å². The number of nitrogens with two attached hydrogens (primary N) is 1. The Morgan fingerprint density at radius 3 is 2.95 bits per heavy atom. The Morgan fingerprint density at radius 1 is 1.55 bits per heavy atom. The van der Waals surface area contributed by atoms with Crippen molar-refractivity contribution in [3.8, 4) is 0 Å². The maximum atomic E-state index is 12.2. The van der Waals surface area contributed by atoms with Gasteiger partial charge in [0.05, 0.1) is 0 Å². The van der Waals surface area contributed by atoms with Crippen LogP contribution in [0.4, 0.5) is 5.82 Å². The third-order valence-electron chi connectivity index (χ3n) is 3.69. The van der Waals surface area contributed by atoms with Gasteiger partial charge >= 0.3 is 0 Å². The molecule has 0 saturated carbocycles. The van der Waals surface area contributed by atoms with Gasteiger partial charge in [0.1, 0.15) is 5.82 Å². The number of nitrogens with zero attached hydrogens (tertiary/aromatic N) is 2. The first-order chi connectivity index (χ1) is 9.62. The third kappa shape index (κ3) is 3.68. The molecule has 110 valence electrons. The van der Waals surface area contributed by atoms with Crippen LogP contribution in [0.25, 0.3) is 0 Å². The highest BCUT2D eigenvalue weighted by Gasteiger charge is 2.20. The summed E-state index contributed by atoms with van der Waals surface area (Å²) in [4.78, 5) is 18.8. The minimum atomic E-state index is -0.0619. The van der Waals surface area contributed by atoms with Crippen molar-refractivity contribution in [3.63, 3.8) is 0 Å². The number of nitrogen functional groups attached to an aromatic ring is 1. The van der Waals surface area contributed by atoms with Gasteiger partial charge in [-0.3, -0.25) is 4.79 Å². The molecule has 1 aliphatic heterocycles. The average molecular weight is 277 g/mol. The summed E-state index contributed by atoms with van der Waals surface area (Å²) in [6.07, 6.45) is 1.91. The molecule has 6 heteroatoms. The van der Waals surface area contributed by atoms with E-state index in [2.05, 4.69) is 27.7 Å². The van der Waals surface area contributed by atoms with Crippen LogP contribution < -0.4 is 16.6 Å². The molecule has 1 aromatic heterocycles. The quantitative estimate of drug-likeness (QED) is 0.542. The Morgan fingerprint density at radius 2 is 2.35 bits per heavy atom. The third-order valence-corrected chi connectivity index (χ3v) is 3.69. The summed E-state index contributed by atoms with van der Waals surface area (Å²) in [7, 11) is 2.11. The minimum Gasteiger partial charge on any atom is -0.352 e. The molecule has 1 saturated heterocycles. The molecular formula is C14H23N5O. The number of hydrogen-bond acceptors (Lipinski definition) is 5. The van der Waals surface area contributed by atoms with Crippen molar-refractivity contribution in [1.29, 1.82) is 0 Å². The van der Waals surface area contributed by atoms with E-state index in [1.54, 1.807) is 6.07 Å². The fourth-order valence-corrected chi connectivity index (χ4v) is 2.51. The van der Waals surface area contributed by atoms with E-state index >= 15 is 0 Å². The van der Waals surface area contributed by atoms with Gasteiger partial charge in [0.2, 0.25) is 0 Å². The molecular weight excluding hydrogens is 254 g/mol. The number of likely N-dealkylation sites (tertiary alicyclic amines) is 1. The van der Waals surface area contributed by atoms with E-state index in [0.717, 1.165) is 38.2 Å². The largest absolute Gasteiger partial charge is 0.352 e. The summed E-state index contributed by atoms with van der Waals surface area (Å²) in [5.74, 6) is 6.39. The van der Waals surface area contributed by atoms with Gasteiger partial charge in [-0.05, 0) is 44.5 Å². The summed E-state index contributed by atoms with van der Waals surface area (Å²) >= 11 is 0. The fraction of sp³-hybridized carbons (Fsp3) is 0.571. The molecule has 4 N–H and O–H groups in total. The first-order valence-electron chi connectivity index (χ1n) is 7.06. The van der Waals surface area contributed by atoms with Gasteiger partial charge in [0, 0.05) is 24.3 Å². The molecule has 0 spiro atoms. The molecule has 2 rings (SSSR count). The molecule has 1 unspecified atom stereocenters. The first-order valence-corrected chi connectivity index (χ1v) is 7.06. The van der Waals surface area contributed by atoms with Crippen molar-refractivity contribution >= 4 is 11.7 Å². The average Bonchev–Trinajstić information content (AvgIpc) is 2.89. The van der Waals surface area contributed by atoms with Crippen LogP contribution in [0.1, 0.15) is 29.4 Å². The SMILES string of the molecule is CCc1cc(C(=O)NCC2CCN(C)C2)cc(NN)n1. The summed E-state index contributed by atoms with van der Waals surface area (Å²) in [5.41, 5.74) is 3.96. The van der Waals surface area contributed by atoms with Gasteiger partial charge in [-0.15, -0.1) is 0 Å². The molecule has 1 fully saturated rings. The van der Waals surface area contributed by atoms with E-state index < -0.39 is 0 Å². The Kier molecular flexibility index (Phi) is 4.92. The number of rotatable bonds is 5. The number of hydrazine groups is 1. The van der Waals surface area contributed by atoms with Crippen molar-refractivity contribution in [1.82, 2.24) is 15.2 Å². The lowest BCUT2D eigenvalue weighted by atomic mass is 10.1. The molecule has 1 atom stereocenters. The van der Waals surface area contributed by atoms with Crippen LogP contribution in [-0.2, 0) is 6.42 Å². The molecule has 0 aromatic carbocycles. The summed E-state index contributed by atoms with van der Waals surface area (Å²) in [6, 6.07) is 3.49. The zero-order chi connectivity index (χ0) is 14.5. The molecule has 6 nitrogen and oxygen atoms in total. The normalized spacial score (nSPS) is 19.1. The molecule has 2 heterocycles. The number of nitrogens with one attached hydrogen (secondary N) is 2. The van der Waals surface area contributed by atoms with Gasteiger partial charge in [0.25, 0.3) is 5.91 Å². The number of carbonyl (C=O) groups is 1. The Bertz CT molecular complexity index is 454. The molecule has 0 bridgehead atoms. The van der Waals surface area contributed by atoms with Gasteiger partial charge in [0.15, 0.2) is 0 Å². The molecule has 1 amide bonds. The molecule has 0 radical (unpaired) electrons. The van der Waals surface area contributed by atoms with Crippen LogP contribution >= 0.6 is 0 Å². The highest BCUT2D eigenvalue weighted by Crippen LogP contribution is 2.14. The lowest BCUT2D eigenvalue weighted by molar-refractivity contribution is 0.0947. The zero-order valence-electron chi connectivity index (χ0n) is 12.1. The lowest BCUT2D eigenvalue weighted by Gasteiger charge is -2.12. The number of pyridine rings is 1. The van der Waals surface area contributed by atoms with Gasteiger partial charge < -0.3 is 15.6 Å². The van der Waals surface area contributed by atoms with E-state index in [9.17, 15) is 4.79 Å². The fourth-order valence-electron chi connectivity index (χ4n) is 2.51. The predicted molar refractivity (Wildman–Crippen MR) is 79.4 cm³/mol. The maximum Gasteiger partial charge on any atom is 0.251 e. The van der Waals surface area contributed by atoms with Crippen molar-refractivity contribution in [3.05, 3.63) is 23.4 Å². The number of hydrogen-bond donors (Lipinski definition) is 3. The van der Waals surface area contributed by atoms with Crippen LogP contribution in [-0.4, -0.2) is 42.5 Å². The van der Waals surface area contributed by atoms with E-state index in [1.807, 2.05) is 13.0 Å². The van der Waals surface area contributed by atoms with Crippen molar-refractivity contribution in [2.75, 3.05) is 32.1 Å². The molecule has 1 aliphatic rings. The second kappa shape index (κ2) is 6.67. The van der Waals surface area contributed by atoms with E-state index in [4.69, 9.17) is 5.84 Å². The Hall–Kier alpha value is -1.66. The lowest BCUT2D eigenvalue weighted by Crippen LogP contribution is -2.30. The highest BCUT2D eigenvalue weighted by molar-refractivity contribution is 5.95. The summed E-state index contributed by atoms with van der Waals surface area (Å²) in [6.45, 7) is 4.88. The van der Waals surface area contributed by atoms with Crippen LogP contribution in [0, 0.1) is 5.92 Å². The maximum absolute atomic E-state index is 12.2. The standard InChI is InChI=1S/C14H23N5O/c1-3-12-6-11(7-13(17-12)18-15)14(20)16-8-10-4-5-19(2)9-10/h6-7,10H,3-5,8-9,15H2,1-2H3,(H,16,20)(H,17,18).